The van der Waals surface area contributed by atoms with E-state index < -0.39 is 24.5 Å². The second kappa shape index (κ2) is 4.64. The SMILES string of the molecule is CC(CC(F)(F)F)NC(=O)c1c(N)cnn1C. The van der Waals surface area contributed by atoms with Crippen LogP contribution in [0.4, 0.5) is 18.9 Å². The highest BCUT2D eigenvalue weighted by Gasteiger charge is 2.31. The quantitative estimate of drug-likeness (QED) is 0.842. The summed E-state index contributed by atoms with van der Waals surface area (Å²) >= 11 is 0. The van der Waals surface area contributed by atoms with E-state index in [2.05, 4.69) is 10.4 Å². The van der Waals surface area contributed by atoms with E-state index in [-0.39, 0.29) is 11.4 Å². The van der Waals surface area contributed by atoms with Crippen molar-refractivity contribution in [3.8, 4) is 0 Å². The Kier molecular flexibility index (Phi) is 3.64. The molecule has 5 nitrogen and oxygen atoms in total. The van der Waals surface area contributed by atoms with E-state index in [1.54, 1.807) is 0 Å². The summed E-state index contributed by atoms with van der Waals surface area (Å²) in [4.78, 5) is 11.6. The Balaban J connectivity index is 2.67. The number of hydrogen-bond acceptors (Lipinski definition) is 3. The third-order valence-corrected chi connectivity index (χ3v) is 2.10. The van der Waals surface area contributed by atoms with E-state index in [9.17, 15) is 18.0 Å². The largest absolute Gasteiger partial charge is 0.396 e. The first-order chi connectivity index (χ1) is 7.70. The van der Waals surface area contributed by atoms with E-state index >= 15 is 0 Å². The van der Waals surface area contributed by atoms with Gasteiger partial charge in [0.2, 0.25) is 0 Å². The number of carbonyl (C=O) groups excluding carboxylic acids is 1. The van der Waals surface area contributed by atoms with Gasteiger partial charge < -0.3 is 11.1 Å². The van der Waals surface area contributed by atoms with E-state index in [1.165, 1.54) is 24.9 Å². The number of nitrogens with one attached hydrogen (secondary N) is 1. The molecule has 1 rings (SSSR count). The number of nitrogens with zero attached hydrogens (tertiary/aromatic N) is 2. The molecule has 0 aromatic carbocycles. The first-order valence-corrected chi connectivity index (χ1v) is 4.86. The predicted octanol–water partition coefficient (Wildman–Crippen LogP) is 1.07. The molecule has 0 bridgehead atoms. The second-order valence-electron chi connectivity index (χ2n) is 3.77. The van der Waals surface area contributed by atoms with Gasteiger partial charge in [0, 0.05) is 13.1 Å². The number of amides is 1. The monoisotopic (exact) mass is 250 g/mol. The van der Waals surface area contributed by atoms with Gasteiger partial charge in [0.25, 0.3) is 5.91 Å². The third-order valence-electron chi connectivity index (χ3n) is 2.10. The predicted molar refractivity (Wildman–Crippen MR) is 55.2 cm³/mol. The van der Waals surface area contributed by atoms with Crippen molar-refractivity contribution in [2.45, 2.75) is 25.6 Å². The zero-order valence-corrected chi connectivity index (χ0v) is 9.38. The van der Waals surface area contributed by atoms with E-state index in [0.29, 0.717) is 0 Å². The zero-order chi connectivity index (χ0) is 13.2. The number of carbonyl (C=O) groups is 1. The fraction of sp³-hybridized carbons (Fsp3) is 0.556. The average Bonchev–Trinajstić information content (AvgIpc) is 2.42. The number of aryl methyl sites for hydroxylation is 1. The van der Waals surface area contributed by atoms with Crippen LogP contribution in [0.5, 0.6) is 0 Å². The van der Waals surface area contributed by atoms with Gasteiger partial charge in [-0.3, -0.25) is 9.48 Å². The molecule has 1 aromatic heterocycles. The molecule has 1 aromatic rings. The highest BCUT2D eigenvalue weighted by molar-refractivity contribution is 5.97. The van der Waals surface area contributed by atoms with Gasteiger partial charge in [-0.2, -0.15) is 18.3 Å². The van der Waals surface area contributed by atoms with Crippen molar-refractivity contribution in [2.24, 2.45) is 7.05 Å². The molecular formula is C9H13F3N4O. The molecule has 96 valence electrons. The van der Waals surface area contributed by atoms with Crippen molar-refractivity contribution < 1.29 is 18.0 Å². The maximum atomic E-state index is 12.1. The molecular weight excluding hydrogens is 237 g/mol. The van der Waals surface area contributed by atoms with Crippen LogP contribution >= 0.6 is 0 Å². The number of rotatable bonds is 3. The molecule has 0 aliphatic carbocycles. The lowest BCUT2D eigenvalue weighted by molar-refractivity contribution is -0.138. The molecule has 17 heavy (non-hydrogen) atoms. The molecule has 0 saturated carbocycles. The van der Waals surface area contributed by atoms with Crippen LogP contribution in [0.1, 0.15) is 23.8 Å². The van der Waals surface area contributed by atoms with Crippen LogP contribution < -0.4 is 11.1 Å². The van der Waals surface area contributed by atoms with Crippen molar-refractivity contribution in [2.75, 3.05) is 5.73 Å². The normalized spacial score (nSPS) is 13.5. The molecule has 1 amide bonds. The van der Waals surface area contributed by atoms with Crippen LogP contribution in [0.25, 0.3) is 0 Å². The van der Waals surface area contributed by atoms with Gasteiger partial charge in [-0.25, -0.2) is 0 Å². The van der Waals surface area contributed by atoms with Crippen LogP contribution in [0, 0.1) is 0 Å². The zero-order valence-electron chi connectivity index (χ0n) is 9.38. The molecule has 0 saturated heterocycles. The van der Waals surface area contributed by atoms with Gasteiger partial charge in [0.1, 0.15) is 5.69 Å². The van der Waals surface area contributed by atoms with Crippen molar-refractivity contribution in [1.82, 2.24) is 15.1 Å². The minimum atomic E-state index is -4.31. The van der Waals surface area contributed by atoms with Gasteiger partial charge in [0.05, 0.1) is 18.3 Å². The number of nitrogen functional groups attached to an aromatic ring is 1. The summed E-state index contributed by atoms with van der Waals surface area (Å²) < 4.78 is 37.4. The van der Waals surface area contributed by atoms with Crippen molar-refractivity contribution in [3.05, 3.63) is 11.9 Å². The lowest BCUT2D eigenvalue weighted by Crippen LogP contribution is -2.37. The Morgan fingerprint density at radius 3 is 2.65 bits per heavy atom. The summed E-state index contributed by atoms with van der Waals surface area (Å²) in [6.07, 6.45) is -4.13. The third kappa shape index (κ3) is 3.65. The second-order valence-corrected chi connectivity index (χ2v) is 3.77. The Labute approximate surface area is 95.8 Å². The molecule has 0 aliphatic rings. The van der Waals surface area contributed by atoms with Crippen molar-refractivity contribution in [3.63, 3.8) is 0 Å². The van der Waals surface area contributed by atoms with Crippen LogP contribution in [0.2, 0.25) is 0 Å². The molecule has 1 unspecified atom stereocenters. The summed E-state index contributed by atoms with van der Waals surface area (Å²) in [5.41, 5.74) is 5.66. The highest BCUT2D eigenvalue weighted by Crippen LogP contribution is 2.21. The average molecular weight is 250 g/mol. The van der Waals surface area contributed by atoms with Gasteiger partial charge in [-0.15, -0.1) is 0 Å². The summed E-state index contributed by atoms with van der Waals surface area (Å²) in [6, 6.07) is -1.02. The standard InChI is InChI=1S/C9H13F3N4O/c1-5(3-9(10,11)12)15-8(17)7-6(13)4-14-16(7)2/h4-5H,3,13H2,1-2H3,(H,15,17). The Hall–Kier alpha value is -1.73. The van der Waals surface area contributed by atoms with Crippen LogP contribution in [-0.4, -0.2) is 27.9 Å². The summed E-state index contributed by atoms with van der Waals surface area (Å²) in [5.74, 6) is -0.667. The summed E-state index contributed by atoms with van der Waals surface area (Å²) in [5, 5.41) is 5.95. The smallest absolute Gasteiger partial charge is 0.391 e. The van der Waals surface area contributed by atoms with Crippen LogP contribution in [0.15, 0.2) is 6.20 Å². The molecule has 1 atom stereocenters. The van der Waals surface area contributed by atoms with Crippen LogP contribution in [0.3, 0.4) is 0 Å². The van der Waals surface area contributed by atoms with Crippen molar-refractivity contribution in [1.29, 1.82) is 0 Å². The maximum Gasteiger partial charge on any atom is 0.391 e. The number of aromatic nitrogens is 2. The molecule has 0 fully saturated rings. The van der Waals surface area contributed by atoms with Gasteiger partial charge in [-0.1, -0.05) is 0 Å². The van der Waals surface area contributed by atoms with Gasteiger partial charge in [-0.05, 0) is 6.92 Å². The lowest BCUT2D eigenvalue weighted by Gasteiger charge is -2.15. The fourth-order valence-corrected chi connectivity index (χ4v) is 1.42. The summed E-state index contributed by atoms with van der Waals surface area (Å²) in [6.45, 7) is 1.28. The number of nitrogens with two attached hydrogens (primary N) is 1. The molecule has 8 heteroatoms. The van der Waals surface area contributed by atoms with Gasteiger partial charge >= 0.3 is 6.18 Å². The van der Waals surface area contributed by atoms with Crippen LogP contribution in [-0.2, 0) is 7.05 Å². The first-order valence-electron chi connectivity index (χ1n) is 4.86. The topological polar surface area (TPSA) is 72.9 Å². The lowest BCUT2D eigenvalue weighted by atomic mass is 10.2. The molecule has 0 spiro atoms. The molecule has 1 heterocycles. The van der Waals surface area contributed by atoms with E-state index in [4.69, 9.17) is 5.73 Å². The minimum Gasteiger partial charge on any atom is -0.396 e. The Morgan fingerprint density at radius 1 is 1.65 bits per heavy atom. The number of halogens is 3. The molecule has 0 radical (unpaired) electrons. The number of alkyl halides is 3. The van der Waals surface area contributed by atoms with E-state index in [1.807, 2.05) is 0 Å². The highest BCUT2D eigenvalue weighted by atomic mass is 19.4. The van der Waals surface area contributed by atoms with Crippen molar-refractivity contribution >= 4 is 11.6 Å². The molecule has 3 N–H and O–H groups in total. The first kappa shape index (κ1) is 13.3. The summed E-state index contributed by atoms with van der Waals surface area (Å²) in [7, 11) is 1.49. The Morgan fingerprint density at radius 2 is 2.24 bits per heavy atom. The number of anilines is 1. The fourth-order valence-electron chi connectivity index (χ4n) is 1.42. The minimum absolute atomic E-state index is 0.0547. The maximum absolute atomic E-state index is 12.1. The van der Waals surface area contributed by atoms with E-state index in [0.717, 1.165) is 0 Å². The molecule has 0 aliphatic heterocycles. The van der Waals surface area contributed by atoms with Gasteiger partial charge in [0.15, 0.2) is 0 Å². The number of hydrogen-bond donors (Lipinski definition) is 2. The Bertz CT molecular complexity index is 393.